The molecule has 2 aromatic rings. The molecule has 2 fully saturated rings. The van der Waals surface area contributed by atoms with E-state index >= 15 is 0 Å². The average molecular weight is 1080 g/mol. The normalized spacial score (nSPS) is 17.2. The van der Waals surface area contributed by atoms with Gasteiger partial charge >= 0.3 is 5.97 Å². The molecule has 22 N–H and O–H groups in total. The quantitative estimate of drug-likeness (QED) is 0.0185. The van der Waals surface area contributed by atoms with Gasteiger partial charge in [0.05, 0.1) is 19.0 Å². The molecule has 1 aromatic heterocycles. The van der Waals surface area contributed by atoms with E-state index in [0.29, 0.717) is 44.2 Å². The van der Waals surface area contributed by atoms with Crippen molar-refractivity contribution in [1.29, 1.82) is 0 Å². The minimum atomic E-state index is -1.46. The number of carbonyl (C=O) groups excluding carboxylic acids is 9. The van der Waals surface area contributed by atoms with Gasteiger partial charge in [-0.05, 0) is 102 Å². The van der Waals surface area contributed by atoms with Crippen LogP contribution in [0.25, 0.3) is 10.9 Å². The van der Waals surface area contributed by atoms with Crippen LogP contribution >= 0.6 is 0 Å². The van der Waals surface area contributed by atoms with Gasteiger partial charge in [0.2, 0.25) is 53.2 Å². The molecule has 77 heavy (non-hydrogen) atoms. The molecule has 2 aliphatic heterocycles. The number of aliphatic imine (C=N–C) groups is 2. The summed E-state index contributed by atoms with van der Waals surface area (Å²) in [5.41, 5.74) is 34.6. The van der Waals surface area contributed by atoms with Crippen LogP contribution in [0.5, 0.6) is 0 Å². The number of aromatic nitrogens is 1. The number of rotatable bonds is 32. The van der Waals surface area contributed by atoms with Crippen molar-refractivity contribution in [3.8, 4) is 0 Å². The standard InChI is InChI=1S/C48H76N18O11/c1-26(46(76)77)60-44(74)36-16-9-21-66(36)45(75)35(22-27-24-58-29-11-3-2-10-28(27)29)61-38(68)25-59-39(69)31(14-7-19-56-47(51)52)62-41(71)32(12-4-5-17-49)63-42(72)33(15-8-20-57-48(53)54)64-43(73)34(23-37(50)67)65-40(70)30-13-6-18-55-30/h2-3,10-11,24,26,30-36,55,58H,4-9,12-23,25,49H2,1H3,(H2,50,67)(H,59,69)(H,60,74)(H,61,68)(H,62,71)(H,63,72)(H,64,73)(H,65,70)(H,76,77)(H4,51,52,56)(H4,53,54,57)/t26-,30-,31-,32-,33-,34-,35-,36-/m0/s1. The van der Waals surface area contributed by atoms with Crippen molar-refractivity contribution in [2.24, 2.45) is 44.4 Å². The van der Waals surface area contributed by atoms with Gasteiger partial charge in [0, 0.05) is 43.2 Å². The molecule has 2 aliphatic rings. The lowest BCUT2D eigenvalue weighted by molar-refractivity contribution is -0.144. The highest BCUT2D eigenvalue weighted by molar-refractivity contribution is 5.99. The number of likely N-dealkylation sites (tertiary alicyclic amines) is 1. The fourth-order valence-electron chi connectivity index (χ4n) is 8.85. The van der Waals surface area contributed by atoms with Gasteiger partial charge in [0.15, 0.2) is 11.9 Å². The molecule has 2 saturated heterocycles. The summed E-state index contributed by atoms with van der Waals surface area (Å²) >= 11 is 0. The number of carbonyl (C=O) groups is 10. The molecule has 3 heterocycles. The Bertz CT molecular complexity index is 2450. The zero-order valence-electron chi connectivity index (χ0n) is 43.3. The van der Waals surface area contributed by atoms with Crippen LogP contribution in [0.2, 0.25) is 0 Å². The molecule has 0 bridgehead atoms. The number of unbranched alkanes of at least 4 members (excludes halogenated alkanes) is 1. The molecule has 8 atom stereocenters. The van der Waals surface area contributed by atoms with Gasteiger partial charge in [0.25, 0.3) is 0 Å². The molecule has 29 heteroatoms. The molecule has 0 radical (unpaired) electrons. The molecule has 29 nitrogen and oxygen atoms in total. The molecule has 9 amide bonds. The number of nitrogens with one attached hydrogen (secondary N) is 9. The number of nitrogens with zero attached hydrogens (tertiary/aromatic N) is 3. The Balaban J connectivity index is 1.54. The number of aliphatic carboxylic acids is 1. The maximum Gasteiger partial charge on any atom is 0.325 e. The zero-order valence-corrected chi connectivity index (χ0v) is 43.3. The Morgan fingerprint density at radius 2 is 1.30 bits per heavy atom. The fraction of sp³-hybridized carbons (Fsp3) is 0.583. The molecule has 0 spiro atoms. The predicted molar refractivity (Wildman–Crippen MR) is 282 cm³/mol. The van der Waals surface area contributed by atoms with Crippen LogP contribution in [0.15, 0.2) is 40.4 Å². The smallest absolute Gasteiger partial charge is 0.325 e. The van der Waals surface area contributed by atoms with Gasteiger partial charge in [-0.15, -0.1) is 0 Å². The number of guanidine groups is 2. The second-order valence-electron chi connectivity index (χ2n) is 18.9. The van der Waals surface area contributed by atoms with Crippen molar-refractivity contribution in [2.75, 3.05) is 39.3 Å². The lowest BCUT2D eigenvalue weighted by Crippen LogP contribution is -2.59. The molecular formula is C48H76N18O11. The van der Waals surface area contributed by atoms with Gasteiger partial charge in [-0.2, -0.15) is 0 Å². The van der Waals surface area contributed by atoms with Gasteiger partial charge in [-0.3, -0.25) is 57.9 Å². The number of amides is 9. The second kappa shape index (κ2) is 31.1. The van der Waals surface area contributed by atoms with E-state index < -0.39 is 120 Å². The maximum atomic E-state index is 14.3. The molecule has 1 aromatic carbocycles. The number of hydrogen-bond acceptors (Lipinski definition) is 14. The largest absolute Gasteiger partial charge is 0.480 e. The van der Waals surface area contributed by atoms with Gasteiger partial charge < -0.3 is 91.9 Å². The summed E-state index contributed by atoms with van der Waals surface area (Å²) in [5, 5.41) is 31.2. The number of para-hydroxylation sites is 1. The summed E-state index contributed by atoms with van der Waals surface area (Å²) in [6.07, 6.45) is 3.83. The number of hydrogen-bond donors (Lipinski definition) is 16. The van der Waals surface area contributed by atoms with Crippen molar-refractivity contribution in [3.05, 3.63) is 36.0 Å². The third-order valence-electron chi connectivity index (χ3n) is 12.9. The van der Waals surface area contributed by atoms with Crippen LogP contribution in [-0.2, 0) is 54.4 Å². The summed E-state index contributed by atoms with van der Waals surface area (Å²) in [7, 11) is 0. The average Bonchev–Trinajstić information content (AvgIpc) is 4.19. The Morgan fingerprint density at radius 3 is 1.87 bits per heavy atom. The van der Waals surface area contributed by atoms with Crippen LogP contribution in [0.4, 0.5) is 0 Å². The van der Waals surface area contributed by atoms with Crippen LogP contribution in [0, 0.1) is 0 Å². The topological polar surface area (TPSA) is 487 Å². The first kappa shape index (κ1) is 61.5. The number of aromatic amines is 1. The van der Waals surface area contributed by atoms with E-state index in [4.69, 9.17) is 34.4 Å². The van der Waals surface area contributed by atoms with Crippen LogP contribution in [0.1, 0.15) is 89.5 Å². The third-order valence-corrected chi connectivity index (χ3v) is 12.9. The summed E-state index contributed by atoms with van der Waals surface area (Å²) in [4.78, 5) is 146. The lowest BCUT2D eigenvalue weighted by Gasteiger charge is -2.29. The molecular weight excluding hydrogens is 1000 g/mol. The van der Waals surface area contributed by atoms with E-state index in [-0.39, 0.29) is 83.0 Å². The molecule has 4 rings (SSSR count). The van der Waals surface area contributed by atoms with E-state index in [1.165, 1.54) is 11.8 Å². The SMILES string of the molecule is C[C@H](NC(=O)[C@@H]1CCCN1C(=O)[C@H](Cc1c[nH]c2ccccc12)NC(=O)CNC(=O)[C@H](CCCN=C(N)N)NC(=O)[C@H](CCCCN)NC(=O)[C@H](CCCN=C(N)N)NC(=O)[C@H](CC(N)=O)NC(=O)[C@@H]1CCCN1)C(=O)O. The highest BCUT2D eigenvalue weighted by Crippen LogP contribution is 2.23. The molecule has 0 unspecified atom stereocenters. The van der Waals surface area contributed by atoms with Crippen molar-refractivity contribution >= 4 is 82.0 Å². The zero-order chi connectivity index (χ0) is 56.6. The number of carboxylic acid groups (broad SMARTS) is 1. The Hall–Kier alpha value is -8.08. The fourth-order valence-corrected chi connectivity index (χ4v) is 8.85. The summed E-state index contributed by atoms with van der Waals surface area (Å²) in [6, 6.07) is -2.37. The number of primary amides is 1. The number of benzene rings is 1. The van der Waals surface area contributed by atoms with Crippen LogP contribution in [-0.4, -0.2) is 174 Å². The minimum absolute atomic E-state index is 0.00684. The highest BCUT2D eigenvalue weighted by Gasteiger charge is 2.39. The minimum Gasteiger partial charge on any atom is -0.480 e. The van der Waals surface area contributed by atoms with E-state index in [1.54, 1.807) is 12.3 Å². The summed E-state index contributed by atoms with van der Waals surface area (Å²) in [5.74, 6) is -8.69. The van der Waals surface area contributed by atoms with Crippen molar-refractivity contribution in [3.63, 3.8) is 0 Å². The van der Waals surface area contributed by atoms with E-state index in [1.807, 2.05) is 18.2 Å². The number of H-pyrrole nitrogens is 1. The van der Waals surface area contributed by atoms with E-state index in [0.717, 1.165) is 10.9 Å². The van der Waals surface area contributed by atoms with E-state index in [9.17, 15) is 53.1 Å². The summed E-state index contributed by atoms with van der Waals surface area (Å²) < 4.78 is 0. The van der Waals surface area contributed by atoms with Crippen molar-refractivity contribution in [1.82, 2.24) is 52.4 Å². The van der Waals surface area contributed by atoms with Crippen molar-refractivity contribution < 1.29 is 53.1 Å². The third kappa shape index (κ3) is 20.2. The molecule has 0 saturated carbocycles. The first-order valence-electron chi connectivity index (χ1n) is 25.7. The predicted octanol–water partition coefficient (Wildman–Crippen LogP) is -5.31. The first-order valence-corrected chi connectivity index (χ1v) is 25.7. The Morgan fingerprint density at radius 1 is 0.701 bits per heavy atom. The molecule has 0 aliphatic carbocycles. The van der Waals surface area contributed by atoms with Gasteiger partial charge in [-0.1, -0.05) is 18.2 Å². The second-order valence-corrected chi connectivity index (χ2v) is 18.9. The first-order chi connectivity index (χ1) is 36.7. The number of nitrogens with two attached hydrogens (primary N) is 6. The van der Waals surface area contributed by atoms with E-state index in [2.05, 4.69) is 57.5 Å². The number of fused-ring (bicyclic) bond motifs is 1. The lowest BCUT2D eigenvalue weighted by atomic mass is 10.0. The summed E-state index contributed by atoms with van der Waals surface area (Å²) in [6.45, 7) is 1.64. The Kier molecular flexibility index (Phi) is 24.8. The Labute approximate surface area is 444 Å². The monoisotopic (exact) mass is 1080 g/mol. The van der Waals surface area contributed by atoms with Crippen LogP contribution in [0.3, 0.4) is 0 Å². The van der Waals surface area contributed by atoms with Gasteiger partial charge in [0.1, 0.15) is 42.3 Å². The van der Waals surface area contributed by atoms with Crippen LogP contribution < -0.4 is 76.9 Å². The highest BCUT2D eigenvalue weighted by atomic mass is 16.4. The maximum absolute atomic E-state index is 14.3. The van der Waals surface area contributed by atoms with Crippen molar-refractivity contribution in [2.45, 2.75) is 139 Å². The molecule has 424 valence electrons. The van der Waals surface area contributed by atoms with Gasteiger partial charge in [-0.25, -0.2) is 0 Å². The number of carboxylic acids is 1.